The lowest BCUT2D eigenvalue weighted by Gasteiger charge is -2.08. The van der Waals surface area contributed by atoms with Crippen LogP contribution in [0.15, 0.2) is 35.9 Å². The van der Waals surface area contributed by atoms with Crippen LogP contribution in [0.5, 0.6) is 0 Å². The summed E-state index contributed by atoms with van der Waals surface area (Å²) in [7, 11) is 0. The standard InChI is InChI=1S/C20H25N5O/c1-12(2)10-16-17(20(16,3)4)19(26)21-14-7-5-6-13(11-14)18-22-23-24-25(18)15-8-9-15/h5-7,10-11,15-17H,8-9H2,1-4H3,(H,21,26)/t16-,17+/m1/s1. The minimum atomic E-state index is 0.00896. The highest BCUT2D eigenvalue weighted by Gasteiger charge is 2.60. The average molecular weight is 351 g/mol. The van der Waals surface area contributed by atoms with Crippen LogP contribution < -0.4 is 5.32 Å². The summed E-state index contributed by atoms with van der Waals surface area (Å²) in [6.45, 7) is 8.47. The summed E-state index contributed by atoms with van der Waals surface area (Å²) in [5.41, 5.74) is 2.98. The van der Waals surface area contributed by atoms with Crippen molar-refractivity contribution < 1.29 is 4.79 Å². The minimum Gasteiger partial charge on any atom is -0.326 e. The number of benzene rings is 1. The van der Waals surface area contributed by atoms with Gasteiger partial charge < -0.3 is 5.32 Å². The van der Waals surface area contributed by atoms with Gasteiger partial charge in [0.2, 0.25) is 5.91 Å². The second-order valence-electron chi connectivity index (χ2n) is 8.32. The number of carbonyl (C=O) groups is 1. The van der Waals surface area contributed by atoms with Gasteiger partial charge in [-0.15, -0.1) is 5.10 Å². The Morgan fingerprint density at radius 2 is 2.08 bits per heavy atom. The highest BCUT2D eigenvalue weighted by Crippen LogP contribution is 2.59. The van der Waals surface area contributed by atoms with Crippen LogP contribution in [0.2, 0.25) is 0 Å². The van der Waals surface area contributed by atoms with Crippen LogP contribution in [0.4, 0.5) is 5.69 Å². The van der Waals surface area contributed by atoms with Gasteiger partial charge in [0, 0.05) is 11.3 Å². The fourth-order valence-electron chi connectivity index (χ4n) is 3.75. The fourth-order valence-corrected chi connectivity index (χ4v) is 3.75. The maximum atomic E-state index is 12.8. The predicted octanol–water partition coefficient (Wildman–Crippen LogP) is 3.85. The van der Waals surface area contributed by atoms with Gasteiger partial charge in [-0.3, -0.25) is 4.79 Å². The molecule has 136 valence electrons. The van der Waals surface area contributed by atoms with Crippen LogP contribution in [-0.2, 0) is 4.79 Å². The number of hydrogen-bond donors (Lipinski definition) is 1. The molecule has 1 aromatic carbocycles. The van der Waals surface area contributed by atoms with Crippen molar-refractivity contribution in [2.75, 3.05) is 5.32 Å². The van der Waals surface area contributed by atoms with Crippen molar-refractivity contribution >= 4 is 11.6 Å². The molecule has 1 aromatic heterocycles. The summed E-state index contributed by atoms with van der Waals surface area (Å²) in [6.07, 6.45) is 4.46. The summed E-state index contributed by atoms with van der Waals surface area (Å²) >= 11 is 0. The summed E-state index contributed by atoms with van der Waals surface area (Å²) in [4.78, 5) is 12.8. The third kappa shape index (κ3) is 3.04. The van der Waals surface area contributed by atoms with Crippen LogP contribution in [-0.4, -0.2) is 26.1 Å². The molecule has 1 N–H and O–H groups in total. The zero-order valence-corrected chi connectivity index (χ0v) is 15.7. The van der Waals surface area contributed by atoms with Gasteiger partial charge in [-0.05, 0) is 60.6 Å². The number of aromatic nitrogens is 4. The summed E-state index contributed by atoms with van der Waals surface area (Å²) in [6, 6.07) is 8.19. The van der Waals surface area contributed by atoms with Gasteiger partial charge in [0.25, 0.3) is 0 Å². The maximum absolute atomic E-state index is 12.8. The van der Waals surface area contributed by atoms with Gasteiger partial charge in [-0.1, -0.05) is 37.6 Å². The Morgan fingerprint density at radius 3 is 2.77 bits per heavy atom. The van der Waals surface area contributed by atoms with Crippen molar-refractivity contribution in [1.29, 1.82) is 0 Å². The number of rotatable bonds is 5. The van der Waals surface area contributed by atoms with Crippen LogP contribution in [0.25, 0.3) is 11.4 Å². The highest BCUT2D eigenvalue weighted by atomic mass is 16.2. The molecular formula is C20H25N5O. The number of allylic oxidation sites excluding steroid dienone is 2. The zero-order valence-electron chi connectivity index (χ0n) is 15.7. The molecule has 0 saturated heterocycles. The van der Waals surface area contributed by atoms with E-state index in [-0.39, 0.29) is 17.2 Å². The monoisotopic (exact) mass is 351 g/mol. The van der Waals surface area contributed by atoms with E-state index in [1.807, 2.05) is 28.9 Å². The van der Waals surface area contributed by atoms with Crippen LogP contribution in [0.3, 0.4) is 0 Å². The molecule has 2 atom stereocenters. The van der Waals surface area contributed by atoms with Crippen LogP contribution >= 0.6 is 0 Å². The first-order chi connectivity index (χ1) is 12.4. The van der Waals surface area contributed by atoms with E-state index in [0.29, 0.717) is 12.0 Å². The molecule has 2 saturated carbocycles. The van der Waals surface area contributed by atoms with Gasteiger partial charge in [0.1, 0.15) is 0 Å². The molecule has 2 aromatic rings. The van der Waals surface area contributed by atoms with Crippen molar-refractivity contribution in [2.24, 2.45) is 17.3 Å². The van der Waals surface area contributed by atoms with E-state index < -0.39 is 0 Å². The van der Waals surface area contributed by atoms with Gasteiger partial charge in [-0.2, -0.15) is 0 Å². The molecule has 2 fully saturated rings. The Labute approximate surface area is 153 Å². The Kier molecular flexibility index (Phi) is 3.93. The van der Waals surface area contributed by atoms with Crippen LogP contribution in [0.1, 0.15) is 46.6 Å². The van der Waals surface area contributed by atoms with E-state index in [1.54, 1.807) is 0 Å². The molecule has 6 heteroatoms. The van der Waals surface area contributed by atoms with E-state index >= 15 is 0 Å². The molecule has 4 rings (SSSR count). The largest absolute Gasteiger partial charge is 0.326 e. The highest BCUT2D eigenvalue weighted by molar-refractivity contribution is 5.96. The molecule has 0 unspecified atom stereocenters. The van der Waals surface area contributed by atoms with Crippen molar-refractivity contribution in [2.45, 2.75) is 46.6 Å². The van der Waals surface area contributed by atoms with Crippen molar-refractivity contribution in [3.8, 4) is 11.4 Å². The van der Waals surface area contributed by atoms with E-state index in [4.69, 9.17) is 0 Å². The molecule has 6 nitrogen and oxygen atoms in total. The van der Waals surface area contributed by atoms with E-state index in [2.05, 4.69) is 54.6 Å². The van der Waals surface area contributed by atoms with Gasteiger partial charge >= 0.3 is 0 Å². The van der Waals surface area contributed by atoms with Gasteiger partial charge in [0.05, 0.1) is 12.0 Å². The molecule has 2 aliphatic rings. The summed E-state index contributed by atoms with van der Waals surface area (Å²) < 4.78 is 1.88. The zero-order chi connectivity index (χ0) is 18.5. The number of nitrogens with one attached hydrogen (secondary N) is 1. The number of anilines is 1. The van der Waals surface area contributed by atoms with E-state index in [0.717, 1.165) is 29.9 Å². The van der Waals surface area contributed by atoms with Crippen molar-refractivity contribution in [3.05, 3.63) is 35.9 Å². The fraction of sp³-hybridized carbons (Fsp3) is 0.500. The quantitative estimate of drug-likeness (QED) is 0.831. The predicted molar refractivity (Wildman–Crippen MR) is 100 cm³/mol. The normalized spacial score (nSPS) is 23.4. The molecule has 1 amide bonds. The summed E-state index contributed by atoms with van der Waals surface area (Å²) in [5, 5.41) is 15.2. The Morgan fingerprint density at radius 1 is 1.31 bits per heavy atom. The maximum Gasteiger partial charge on any atom is 0.228 e. The second-order valence-corrected chi connectivity index (χ2v) is 8.32. The first-order valence-corrected chi connectivity index (χ1v) is 9.22. The van der Waals surface area contributed by atoms with E-state index in [9.17, 15) is 4.79 Å². The number of nitrogens with zero attached hydrogens (tertiary/aromatic N) is 4. The van der Waals surface area contributed by atoms with Crippen LogP contribution in [0, 0.1) is 17.3 Å². The molecule has 0 spiro atoms. The van der Waals surface area contributed by atoms with E-state index in [1.165, 1.54) is 5.57 Å². The van der Waals surface area contributed by atoms with Gasteiger partial charge in [-0.25, -0.2) is 4.68 Å². The molecule has 26 heavy (non-hydrogen) atoms. The molecule has 0 bridgehead atoms. The molecule has 0 radical (unpaired) electrons. The third-order valence-corrected chi connectivity index (χ3v) is 5.48. The number of hydrogen-bond acceptors (Lipinski definition) is 4. The lowest BCUT2D eigenvalue weighted by molar-refractivity contribution is -0.118. The molecule has 2 aliphatic carbocycles. The second kappa shape index (κ2) is 6.04. The smallest absolute Gasteiger partial charge is 0.228 e. The SMILES string of the molecule is CC(C)=C[C@@H]1[C@@H](C(=O)Nc2cccc(-c3nnnn3C3CC3)c2)C1(C)C. The lowest BCUT2D eigenvalue weighted by Crippen LogP contribution is -2.16. The van der Waals surface area contributed by atoms with Gasteiger partial charge in [0.15, 0.2) is 5.82 Å². The average Bonchev–Trinajstić information content (AvgIpc) is 3.43. The number of amides is 1. The van der Waals surface area contributed by atoms with Crippen molar-refractivity contribution in [3.63, 3.8) is 0 Å². The topological polar surface area (TPSA) is 72.7 Å². The minimum absolute atomic E-state index is 0.00896. The number of tetrazole rings is 1. The Hall–Kier alpha value is -2.50. The number of carbonyl (C=O) groups excluding carboxylic acids is 1. The third-order valence-electron chi connectivity index (χ3n) is 5.48. The Balaban J connectivity index is 1.52. The first kappa shape index (κ1) is 16.9. The lowest BCUT2D eigenvalue weighted by atomic mass is 10.1. The Bertz CT molecular complexity index is 874. The molecule has 0 aliphatic heterocycles. The molecular weight excluding hydrogens is 326 g/mol. The van der Waals surface area contributed by atoms with Crippen molar-refractivity contribution in [1.82, 2.24) is 20.2 Å². The summed E-state index contributed by atoms with van der Waals surface area (Å²) in [5.74, 6) is 1.16. The molecule has 1 heterocycles. The first-order valence-electron chi connectivity index (χ1n) is 9.22.